The second-order valence-corrected chi connectivity index (χ2v) is 7.52. The minimum atomic E-state index is -0.339. The summed E-state index contributed by atoms with van der Waals surface area (Å²) in [6, 6.07) is 7.51. The lowest BCUT2D eigenvalue weighted by Crippen LogP contribution is -2.43. The van der Waals surface area contributed by atoms with Crippen LogP contribution in [0.1, 0.15) is 51.0 Å². The van der Waals surface area contributed by atoms with Crippen LogP contribution in [0.2, 0.25) is 0 Å². The summed E-state index contributed by atoms with van der Waals surface area (Å²) in [5.74, 6) is 2.26. The van der Waals surface area contributed by atoms with Gasteiger partial charge in [0, 0.05) is 11.6 Å². The van der Waals surface area contributed by atoms with Gasteiger partial charge < -0.3 is 19.9 Å². The molecule has 4 rings (SSSR count). The van der Waals surface area contributed by atoms with Crippen LogP contribution in [0, 0.1) is 5.92 Å². The summed E-state index contributed by atoms with van der Waals surface area (Å²) in [6.45, 7) is 1.86. The predicted octanol–water partition coefficient (Wildman–Crippen LogP) is 2.84. The molecule has 2 heterocycles. The maximum atomic E-state index is 12.7. The fourth-order valence-corrected chi connectivity index (χ4v) is 4.19. The quantitative estimate of drug-likeness (QED) is 0.841. The third kappa shape index (κ3) is 3.83. The molecule has 0 radical (unpaired) electrons. The molecule has 0 bridgehead atoms. The van der Waals surface area contributed by atoms with E-state index in [-0.39, 0.29) is 18.0 Å². The average molecular weight is 370 g/mol. The number of benzene rings is 1. The van der Waals surface area contributed by atoms with Crippen LogP contribution in [-0.4, -0.2) is 35.2 Å². The maximum absolute atomic E-state index is 12.7. The van der Waals surface area contributed by atoms with Crippen LogP contribution in [0.25, 0.3) is 11.4 Å². The first-order chi connectivity index (χ1) is 13.1. The molecule has 2 aromatic rings. The lowest BCUT2D eigenvalue weighted by Gasteiger charge is -2.24. The van der Waals surface area contributed by atoms with Crippen LogP contribution in [0.3, 0.4) is 0 Å². The Hall–Kier alpha value is -2.41. The van der Waals surface area contributed by atoms with E-state index < -0.39 is 0 Å². The predicted molar refractivity (Wildman–Crippen MR) is 100 cm³/mol. The molecule has 1 aromatic carbocycles. The highest BCUT2D eigenvalue weighted by Crippen LogP contribution is 2.33. The highest BCUT2D eigenvalue weighted by Gasteiger charge is 2.38. The topological polar surface area (TPSA) is 89.3 Å². The van der Waals surface area contributed by atoms with Crippen molar-refractivity contribution in [2.75, 3.05) is 7.11 Å². The Labute approximate surface area is 158 Å². The number of fused-ring (bicyclic) bond motifs is 1. The fourth-order valence-electron chi connectivity index (χ4n) is 4.19. The number of hydrogen-bond donors (Lipinski definition) is 2. The highest BCUT2D eigenvalue weighted by molar-refractivity contribution is 5.82. The molecule has 7 nitrogen and oxygen atoms in total. The largest absolute Gasteiger partial charge is 0.497 e. The number of carbonyl (C=O) groups excluding carboxylic acids is 1. The number of ether oxygens (including phenoxy) is 1. The van der Waals surface area contributed by atoms with E-state index in [1.165, 1.54) is 25.7 Å². The Morgan fingerprint density at radius 2 is 2.22 bits per heavy atom. The van der Waals surface area contributed by atoms with Crippen molar-refractivity contribution >= 4 is 5.91 Å². The molecule has 4 atom stereocenters. The minimum absolute atomic E-state index is 0.0121. The van der Waals surface area contributed by atoms with Crippen LogP contribution in [-0.2, 0) is 4.79 Å². The van der Waals surface area contributed by atoms with E-state index in [2.05, 4.69) is 20.8 Å². The summed E-state index contributed by atoms with van der Waals surface area (Å²) in [6.07, 6.45) is 5.86. The van der Waals surface area contributed by atoms with E-state index in [9.17, 15) is 4.79 Å². The number of rotatable bonds is 5. The second kappa shape index (κ2) is 7.68. The Morgan fingerprint density at radius 1 is 1.37 bits per heavy atom. The molecular weight excluding hydrogens is 344 g/mol. The number of nitrogens with one attached hydrogen (secondary N) is 2. The zero-order valence-corrected chi connectivity index (χ0v) is 15.8. The van der Waals surface area contributed by atoms with Gasteiger partial charge >= 0.3 is 0 Å². The highest BCUT2D eigenvalue weighted by atomic mass is 16.5. The molecule has 1 saturated heterocycles. The van der Waals surface area contributed by atoms with Crippen molar-refractivity contribution in [2.45, 2.75) is 57.2 Å². The second-order valence-electron chi connectivity index (χ2n) is 7.52. The third-order valence-corrected chi connectivity index (χ3v) is 5.68. The molecule has 1 saturated carbocycles. The van der Waals surface area contributed by atoms with E-state index in [4.69, 9.17) is 9.26 Å². The van der Waals surface area contributed by atoms with E-state index in [1.807, 2.05) is 31.2 Å². The van der Waals surface area contributed by atoms with Gasteiger partial charge in [0.25, 0.3) is 0 Å². The van der Waals surface area contributed by atoms with Crippen molar-refractivity contribution in [2.24, 2.45) is 5.92 Å². The average Bonchev–Trinajstić information content (AvgIpc) is 3.35. The summed E-state index contributed by atoms with van der Waals surface area (Å²) >= 11 is 0. The first kappa shape index (κ1) is 18.0. The number of nitrogens with zero attached hydrogens (tertiary/aromatic N) is 2. The molecule has 2 fully saturated rings. The van der Waals surface area contributed by atoms with Crippen LogP contribution >= 0.6 is 0 Å². The number of hydrogen-bond acceptors (Lipinski definition) is 6. The molecular formula is C20H26N4O3. The zero-order valence-electron chi connectivity index (χ0n) is 15.8. The van der Waals surface area contributed by atoms with Crippen LogP contribution < -0.4 is 15.4 Å². The van der Waals surface area contributed by atoms with Gasteiger partial charge in [-0.2, -0.15) is 4.98 Å². The van der Waals surface area contributed by atoms with E-state index in [0.717, 1.165) is 17.7 Å². The Bertz CT molecular complexity index is 792. The molecule has 4 unspecified atom stereocenters. The summed E-state index contributed by atoms with van der Waals surface area (Å²) in [5, 5.41) is 10.6. The van der Waals surface area contributed by atoms with Gasteiger partial charge in [-0.15, -0.1) is 0 Å². The lowest BCUT2D eigenvalue weighted by atomic mass is 9.85. The normalized spacial score (nSPS) is 25.6. The van der Waals surface area contributed by atoms with Crippen molar-refractivity contribution < 1.29 is 14.1 Å². The first-order valence-corrected chi connectivity index (χ1v) is 9.68. The molecule has 0 spiro atoms. The summed E-state index contributed by atoms with van der Waals surface area (Å²) < 4.78 is 10.6. The Kier molecular flexibility index (Phi) is 5.11. The van der Waals surface area contributed by atoms with Gasteiger partial charge in [-0.05, 0) is 44.2 Å². The Morgan fingerprint density at radius 3 is 3.04 bits per heavy atom. The van der Waals surface area contributed by atoms with Crippen molar-refractivity contribution in [3.05, 3.63) is 30.2 Å². The molecule has 144 valence electrons. The third-order valence-electron chi connectivity index (χ3n) is 5.68. The number of amides is 1. The molecule has 1 aliphatic carbocycles. The van der Waals surface area contributed by atoms with Crippen molar-refractivity contribution in [3.63, 3.8) is 0 Å². The summed E-state index contributed by atoms with van der Waals surface area (Å²) in [7, 11) is 1.62. The smallest absolute Gasteiger partial charge is 0.249 e. The lowest BCUT2D eigenvalue weighted by molar-refractivity contribution is -0.123. The molecule has 27 heavy (non-hydrogen) atoms. The Balaban J connectivity index is 1.39. The van der Waals surface area contributed by atoms with Crippen molar-refractivity contribution in [3.8, 4) is 17.1 Å². The minimum Gasteiger partial charge on any atom is -0.497 e. The van der Waals surface area contributed by atoms with Crippen LogP contribution in [0.15, 0.2) is 28.8 Å². The van der Waals surface area contributed by atoms with Gasteiger partial charge in [-0.25, -0.2) is 0 Å². The number of aromatic nitrogens is 2. The molecule has 1 aromatic heterocycles. The van der Waals surface area contributed by atoms with Gasteiger partial charge in [-0.1, -0.05) is 30.1 Å². The van der Waals surface area contributed by atoms with Crippen LogP contribution in [0.4, 0.5) is 0 Å². The van der Waals surface area contributed by atoms with Crippen molar-refractivity contribution in [1.82, 2.24) is 20.8 Å². The zero-order chi connectivity index (χ0) is 18.8. The summed E-state index contributed by atoms with van der Waals surface area (Å²) in [5.41, 5.74) is 0.810. The van der Waals surface area contributed by atoms with E-state index >= 15 is 0 Å². The van der Waals surface area contributed by atoms with Gasteiger partial charge in [0.2, 0.25) is 17.6 Å². The number of carbonyl (C=O) groups is 1. The molecule has 2 aliphatic rings. The van der Waals surface area contributed by atoms with Gasteiger partial charge in [0.1, 0.15) is 11.8 Å². The fraction of sp³-hybridized carbons (Fsp3) is 0.550. The van der Waals surface area contributed by atoms with Gasteiger partial charge in [0.05, 0.1) is 13.2 Å². The monoisotopic (exact) mass is 370 g/mol. The van der Waals surface area contributed by atoms with Gasteiger partial charge in [-0.3, -0.25) is 4.79 Å². The standard InChI is InChI=1S/C20H26N4O3/c1-12(21-19(25)17-11-13-6-3-4-9-16(13)22-17)20-23-18(24-27-20)14-7-5-8-15(10-14)26-2/h5,7-8,10,12-13,16-17,22H,3-4,6,9,11H2,1-2H3,(H,21,25). The summed E-state index contributed by atoms with van der Waals surface area (Å²) in [4.78, 5) is 17.1. The first-order valence-electron chi connectivity index (χ1n) is 9.68. The number of methoxy groups -OCH3 is 1. The molecule has 1 amide bonds. The van der Waals surface area contributed by atoms with E-state index in [1.54, 1.807) is 7.11 Å². The van der Waals surface area contributed by atoms with Crippen molar-refractivity contribution in [1.29, 1.82) is 0 Å². The van der Waals surface area contributed by atoms with E-state index in [0.29, 0.717) is 23.7 Å². The van der Waals surface area contributed by atoms with Gasteiger partial charge in [0.15, 0.2) is 0 Å². The SMILES string of the molecule is COc1cccc(-c2noc(C(C)NC(=O)C3CC4CCCCC4N3)n2)c1. The molecule has 2 N–H and O–H groups in total. The molecule has 1 aliphatic heterocycles. The molecule has 7 heteroatoms. The maximum Gasteiger partial charge on any atom is 0.249 e. The van der Waals surface area contributed by atoms with Crippen LogP contribution in [0.5, 0.6) is 5.75 Å².